The van der Waals surface area contributed by atoms with E-state index < -0.39 is 0 Å². The summed E-state index contributed by atoms with van der Waals surface area (Å²) in [6.07, 6.45) is 4.86. The van der Waals surface area contributed by atoms with Gasteiger partial charge in [0, 0.05) is 43.8 Å². The van der Waals surface area contributed by atoms with E-state index in [0.29, 0.717) is 0 Å². The quantitative estimate of drug-likeness (QED) is 0.743. The maximum absolute atomic E-state index is 12.3. The highest BCUT2D eigenvalue weighted by atomic mass is 16.5. The van der Waals surface area contributed by atoms with Crippen molar-refractivity contribution >= 4 is 5.91 Å². The molecule has 1 amide bonds. The molecule has 1 unspecified atom stereocenters. The van der Waals surface area contributed by atoms with Crippen LogP contribution in [0.15, 0.2) is 24.3 Å². The molecule has 2 aliphatic rings. The summed E-state index contributed by atoms with van der Waals surface area (Å²) in [7, 11) is 0. The summed E-state index contributed by atoms with van der Waals surface area (Å²) < 4.78 is 5.88. The monoisotopic (exact) mass is 387 g/mol. The Labute approximate surface area is 170 Å². The zero-order valence-corrected chi connectivity index (χ0v) is 17.9. The van der Waals surface area contributed by atoms with Gasteiger partial charge in [0.25, 0.3) is 5.91 Å². The number of carbonyl (C=O) groups is 1. The molecule has 156 valence electrons. The molecule has 0 aliphatic carbocycles. The Balaban J connectivity index is 1.49. The molecule has 1 aromatic rings. The lowest BCUT2D eigenvalue weighted by atomic mass is 9.93. The molecule has 0 aromatic heterocycles. The van der Waals surface area contributed by atoms with Crippen LogP contribution >= 0.6 is 0 Å². The van der Waals surface area contributed by atoms with E-state index in [4.69, 9.17) is 4.74 Å². The third-order valence-electron chi connectivity index (χ3n) is 6.17. The van der Waals surface area contributed by atoms with Crippen LogP contribution in [0.25, 0.3) is 0 Å². The lowest BCUT2D eigenvalue weighted by Crippen LogP contribution is -2.53. The topological polar surface area (TPSA) is 44.8 Å². The first-order chi connectivity index (χ1) is 13.5. The van der Waals surface area contributed by atoms with Gasteiger partial charge in [-0.3, -0.25) is 9.69 Å². The number of nitrogens with one attached hydrogen (secondary N) is 1. The molecule has 2 fully saturated rings. The molecular formula is C23H37N3O2. The molecule has 0 saturated carbocycles. The maximum Gasteiger partial charge on any atom is 0.260 e. The summed E-state index contributed by atoms with van der Waals surface area (Å²) in [5, 5.41) is 3.62. The van der Waals surface area contributed by atoms with E-state index >= 15 is 0 Å². The molecule has 2 saturated heterocycles. The predicted molar refractivity (Wildman–Crippen MR) is 114 cm³/mol. The van der Waals surface area contributed by atoms with Gasteiger partial charge in [-0.1, -0.05) is 25.1 Å². The number of para-hydroxylation sites is 1. The summed E-state index contributed by atoms with van der Waals surface area (Å²) in [5.41, 5.74) is 1.25. The highest BCUT2D eigenvalue weighted by Gasteiger charge is 2.29. The fraction of sp³-hybridized carbons (Fsp3) is 0.696. The Hall–Kier alpha value is -1.59. The van der Waals surface area contributed by atoms with Crippen molar-refractivity contribution in [1.82, 2.24) is 15.1 Å². The zero-order chi connectivity index (χ0) is 20.0. The standard InChI is InChI=1S/C23H37N3O2/c1-19-9-8-14-26(16-19)23(2,3)18-24-15-20-10-4-5-11-21(20)28-17-22(27)25-12-6-7-13-25/h4-5,10-11,19,24H,6-9,12-18H2,1-3H3. The van der Waals surface area contributed by atoms with E-state index in [2.05, 4.69) is 37.1 Å². The van der Waals surface area contributed by atoms with E-state index in [-0.39, 0.29) is 18.1 Å². The second kappa shape index (κ2) is 9.75. The lowest BCUT2D eigenvalue weighted by molar-refractivity contribution is -0.132. The molecule has 0 radical (unpaired) electrons. The first kappa shape index (κ1) is 21.1. The zero-order valence-electron chi connectivity index (χ0n) is 17.9. The van der Waals surface area contributed by atoms with Gasteiger partial charge in [0.1, 0.15) is 5.75 Å². The average molecular weight is 388 g/mol. The minimum absolute atomic E-state index is 0.0978. The first-order valence-corrected chi connectivity index (χ1v) is 10.9. The summed E-state index contributed by atoms with van der Waals surface area (Å²) in [4.78, 5) is 16.8. The van der Waals surface area contributed by atoms with Crippen molar-refractivity contribution in [3.05, 3.63) is 29.8 Å². The molecule has 2 aliphatic heterocycles. The number of hydrogen-bond donors (Lipinski definition) is 1. The van der Waals surface area contributed by atoms with Crippen molar-refractivity contribution in [3.63, 3.8) is 0 Å². The molecule has 1 aromatic carbocycles. The van der Waals surface area contributed by atoms with Gasteiger partial charge in [0.2, 0.25) is 0 Å². The maximum atomic E-state index is 12.3. The Morgan fingerprint density at radius 2 is 1.93 bits per heavy atom. The van der Waals surface area contributed by atoms with E-state index in [1.54, 1.807) is 0 Å². The fourth-order valence-electron chi connectivity index (χ4n) is 4.34. The van der Waals surface area contributed by atoms with Crippen LogP contribution in [0.4, 0.5) is 0 Å². The third-order valence-corrected chi connectivity index (χ3v) is 6.17. The van der Waals surface area contributed by atoms with Crippen LogP contribution in [0, 0.1) is 5.92 Å². The van der Waals surface area contributed by atoms with Crippen LogP contribution in [0.5, 0.6) is 5.75 Å². The van der Waals surface area contributed by atoms with E-state index in [0.717, 1.165) is 56.3 Å². The van der Waals surface area contributed by atoms with Crippen LogP contribution in [0.2, 0.25) is 0 Å². The number of rotatable bonds is 8. The Kier molecular flexibility index (Phi) is 7.36. The van der Waals surface area contributed by atoms with E-state index in [1.165, 1.54) is 25.9 Å². The molecular weight excluding hydrogens is 350 g/mol. The molecule has 5 heteroatoms. The van der Waals surface area contributed by atoms with Gasteiger partial charge in [0.15, 0.2) is 6.61 Å². The van der Waals surface area contributed by atoms with Gasteiger partial charge in [-0.25, -0.2) is 0 Å². The van der Waals surface area contributed by atoms with Crippen LogP contribution in [-0.4, -0.2) is 60.6 Å². The molecule has 28 heavy (non-hydrogen) atoms. The first-order valence-electron chi connectivity index (χ1n) is 10.9. The van der Waals surface area contributed by atoms with Gasteiger partial charge in [-0.15, -0.1) is 0 Å². The second-order valence-electron chi connectivity index (χ2n) is 9.09. The fourth-order valence-corrected chi connectivity index (χ4v) is 4.34. The normalized spacial score (nSPS) is 21.1. The van der Waals surface area contributed by atoms with Gasteiger partial charge in [0.05, 0.1) is 0 Å². The van der Waals surface area contributed by atoms with Gasteiger partial charge < -0.3 is 15.0 Å². The van der Waals surface area contributed by atoms with Gasteiger partial charge in [-0.05, 0) is 58.1 Å². The number of benzene rings is 1. The average Bonchev–Trinajstić information content (AvgIpc) is 3.22. The molecule has 1 N–H and O–H groups in total. The minimum Gasteiger partial charge on any atom is -0.483 e. The SMILES string of the molecule is CC1CCCN(C(C)(C)CNCc2ccccc2OCC(=O)N2CCCC2)C1. The van der Waals surface area contributed by atoms with Crippen molar-refractivity contribution in [1.29, 1.82) is 0 Å². The number of likely N-dealkylation sites (tertiary alicyclic amines) is 2. The molecule has 1 atom stereocenters. The van der Waals surface area contributed by atoms with Crippen molar-refractivity contribution in [3.8, 4) is 5.75 Å². The van der Waals surface area contributed by atoms with Crippen molar-refractivity contribution in [2.24, 2.45) is 5.92 Å². The Morgan fingerprint density at radius 3 is 2.68 bits per heavy atom. The molecule has 0 spiro atoms. The van der Waals surface area contributed by atoms with E-state index in [1.807, 2.05) is 23.1 Å². The number of nitrogens with zero attached hydrogens (tertiary/aromatic N) is 2. The van der Waals surface area contributed by atoms with Crippen molar-refractivity contribution < 1.29 is 9.53 Å². The second-order valence-corrected chi connectivity index (χ2v) is 9.09. The van der Waals surface area contributed by atoms with Gasteiger partial charge in [-0.2, -0.15) is 0 Å². The van der Waals surface area contributed by atoms with Crippen LogP contribution in [0.3, 0.4) is 0 Å². The highest BCUT2D eigenvalue weighted by Crippen LogP contribution is 2.24. The summed E-state index contributed by atoms with van der Waals surface area (Å²) in [6, 6.07) is 8.05. The largest absolute Gasteiger partial charge is 0.483 e. The summed E-state index contributed by atoms with van der Waals surface area (Å²) in [6.45, 7) is 12.9. The van der Waals surface area contributed by atoms with Crippen molar-refractivity contribution in [2.75, 3.05) is 39.3 Å². The number of amides is 1. The van der Waals surface area contributed by atoms with E-state index in [9.17, 15) is 4.79 Å². The number of ether oxygens (including phenoxy) is 1. The minimum atomic E-state index is 0.0978. The summed E-state index contributed by atoms with van der Waals surface area (Å²) in [5.74, 6) is 1.70. The Morgan fingerprint density at radius 1 is 1.18 bits per heavy atom. The molecule has 2 heterocycles. The van der Waals surface area contributed by atoms with Crippen LogP contribution < -0.4 is 10.1 Å². The van der Waals surface area contributed by atoms with Crippen LogP contribution in [0.1, 0.15) is 52.0 Å². The Bertz CT molecular complexity index is 640. The van der Waals surface area contributed by atoms with Crippen molar-refractivity contribution in [2.45, 2.75) is 58.5 Å². The lowest BCUT2D eigenvalue weighted by Gasteiger charge is -2.43. The molecule has 3 rings (SSSR count). The smallest absolute Gasteiger partial charge is 0.260 e. The highest BCUT2D eigenvalue weighted by molar-refractivity contribution is 5.78. The van der Waals surface area contributed by atoms with Crippen LogP contribution in [-0.2, 0) is 11.3 Å². The summed E-state index contributed by atoms with van der Waals surface area (Å²) >= 11 is 0. The number of piperidine rings is 1. The third kappa shape index (κ3) is 5.71. The molecule has 0 bridgehead atoms. The molecule has 5 nitrogen and oxygen atoms in total. The number of hydrogen-bond acceptors (Lipinski definition) is 4. The van der Waals surface area contributed by atoms with Gasteiger partial charge >= 0.3 is 0 Å². The predicted octanol–water partition coefficient (Wildman–Crippen LogP) is 3.29. The number of carbonyl (C=O) groups excluding carboxylic acids is 1.